The highest BCUT2D eigenvalue weighted by molar-refractivity contribution is 8.00. The minimum atomic E-state index is -0.384. The van der Waals surface area contributed by atoms with Crippen molar-refractivity contribution in [2.24, 2.45) is 0 Å². The SMILES string of the molecule is COc1ccc(C)cc1-n1nnnc1S[C@@H](C)C(=O)NCc1ccco1. The van der Waals surface area contributed by atoms with E-state index in [1.54, 1.807) is 31.0 Å². The molecule has 0 fully saturated rings. The second-order valence-corrected chi connectivity index (χ2v) is 6.91. The largest absolute Gasteiger partial charge is 0.494 e. The molecule has 0 unspecified atom stereocenters. The predicted octanol–water partition coefficient (Wildman–Crippen LogP) is 2.37. The lowest BCUT2D eigenvalue weighted by Gasteiger charge is -2.13. The zero-order chi connectivity index (χ0) is 18.5. The smallest absolute Gasteiger partial charge is 0.233 e. The summed E-state index contributed by atoms with van der Waals surface area (Å²) in [7, 11) is 1.59. The lowest BCUT2D eigenvalue weighted by molar-refractivity contribution is -0.120. The molecular weight excluding hydrogens is 354 g/mol. The van der Waals surface area contributed by atoms with Crippen LogP contribution < -0.4 is 10.1 Å². The van der Waals surface area contributed by atoms with Gasteiger partial charge in [0.25, 0.3) is 0 Å². The van der Waals surface area contributed by atoms with Gasteiger partial charge in [0, 0.05) is 0 Å². The minimum absolute atomic E-state index is 0.128. The highest BCUT2D eigenvalue weighted by atomic mass is 32.2. The molecule has 3 aromatic rings. The van der Waals surface area contributed by atoms with Crippen molar-refractivity contribution in [3.63, 3.8) is 0 Å². The van der Waals surface area contributed by atoms with E-state index in [1.807, 2.05) is 31.2 Å². The van der Waals surface area contributed by atoms with Gasteiger partial charge >= 0.3 is 0 Å². The highest BCUT2D eigenvalue weighted by Crippen LogP contribution is 2.28. The lowest BCUT2D eigenvalue weighted by atomic mass is 10.2. The summed E-state index contributed by atoms with van der Waals surface area (Å²) in [6.07, 6.45) is 1.57. The maximum Gasteiger partial charge on any atom is 0.233 e. The fourth-order valence-corrected chi connectivity index (χ4v) is 3.14. The first kappa shape index (κ1) is 18.0. The Bertz CT molecular complexity index is 878. The molecule has 0 aliphatic heterocycles. The monoisotopic (exact) mass is 373 g/mol. The summed E-state index contributed by atoms with van der Waals surface area (Å²) in [4.78, 5) is 12.3. The fourth-order valence-electron chi connectivity index (χ4n) is 2.31. The van der Waals surface area contributed by atoms with E-state index in [9.17, 15) is 4.79 Å². The van der Waals surface area contributed by atoms with Crippen LogP contribution in [-0.2, 0) is 11.3 Å². The van der Waals surface area contributed by atoms with Gasteiger partial charge in [0.1, 0.15) is 17.2 Å². The van der Waals surface area contributed by atoms with Crippen LogP contribution in [0.15, 0.2) is 46.2 Å². The first-order chi connectivity index (χ1) is 12.6. The number of methoxy groups -OCH3 is 1. The topological polar surface area (TPSA) is 95.1 Å². The number of thioether (sulfide) groups is 1. The molecule has 1 atom stereocenters. The van der Waals surface area contributed by atoms with E-state index in [0.717, 1.165) is 11.3 Å². The van der Waals surface area contributed by atoms with Crippen LogP contribution in [0.5, 0.6) is 5.75 Å². The summed E-state index contributed by atoms with van der Waals surface area (Å²) in [6, 6.07) is 9.33. The Morgan fingerprint density at radius 2 is 2.27 bits per heavy atom. The van der Waals surface area contributed by atoms with Gasteiger partial charge in [-0.25, -0.2) is 0 Å². The van der Waals surface area contributed by atoms with Gasteiger partial charge in [-0.2, -0.15) is 4.68 Å². The van der Waals surface area contributed by atoms with Gasteiger partial charge in [0.2, 0.25) is 11.1 Å². The molecule has 8 nitrogen and oxygen atoms in total. The zero-order valence-electron chi connectivity index (χ0n) is 14.7. The molecule has 3 rings (SSSR count). The van der Waals surface area contributed by atoms with Crippen LogP contribution in [0.3, 0.4) is 0 Å². The molecule has 2 heterocycles. The van der Waals surface area contributed by atoms with Crippen molar-refractivity contribution in [3.8, 4) is 11.4 Å². The average molecular weight is 373 g/mol. The van der Waals surface area contributed by atoms with Gasteiger partial charge in [0.05, 0.1) is 25.2 Å². The van der Waals surface area contributed by atoms with E-state index >= 15 is 0 Å². The predicted molar refractivity (Wildman–Crippen MR) is 96.3 cm³/mol. The molecule has 0 aliphatic rings. The zero-order valence-corrected chi connectivity index (χ0v) is 15.5. The Morgan fingerprint density at radius 3 is 3.00 bits per heavy atom. The van der Waals surface area contributed by atoms with Gasteiger partial charge in [-0.05, 0) is 54.1 Å². The quantitative estimate of drug-likeness (QED) is 0.635. The maximum absolute atomic E-state index is 12.3. The lowest BCUT2D eigenvalue weighted by Crippen LogP contribution is -2.30. The van der Waals surface area contributed by atoms with Crippen molar-refractivity contribution < 1.29 is 13.9 Å². The van der Waals surface area contributed by atoms with E-state index in [4.69, 9.17) is 9.15 Å². The van der Waals surface area contributed by atoms with Crippen LogP contribution in [0.2, 0.25) is 0 Å². The number of benzene rings is 1. The number of nitrogens with one attached hydrogen (secondary N) is 1. The normalized spacial score (nSPS) is 12.0. The van der Waals surface area contributed by atoms with Crippen molar-refractivity contribution in [3.05, 3.63) is 47.9 Å². The number of carbonyl (C=O) groups is 1. The Labute approximate surface area is 154 Å². The Hall–Kier alpha value is -2.81. The van der Waals surface area contributed by atoms with Gasteiger partial charge < -0.3 is 14.5 Å². The standard InChI is InChI=1S/C17H19N5O3S/c1-11-6-7-15(24-3)14(9-11)22-17(19-20-21-22)26-12(2)16(23)18-10-13-5-4-8-25-13/h4-9,12H,10H2,1-3H3,(H,18,23)/t12-/m0/s1. The Balaban J connectivity index is 1.72. The molecule has 0 saturated heterocycles. The van der Waals surface area contributed by atoms with Crippen LogP contribution in [0.25, 0.3) is 5.69 Å². The van der Waals surface area contributed by atoms with Crippen LogP contribution in [0.1, 0.15) is 18.2 Å². The molecular formula is C17H19N5O3S. The number of aromatic nitrogens is 4. The molecule has 1 N–H and O–H groups in total. The summed E-state index contributed by atoms with van der Waals surface area (Å²) in [5.74, 6) is 1.22. The second kappa shape index (κ2) is 8.05. The molecule has 0 bridgehead atoms. The number of carbonyl (C=O) groups excluding carboxylic acids is 1. The number of hydrogen-bond acceptors (Lipinski definition) is 7. The number of rotatable bonds is 7. The van der Waals surface area contributed by atoms with Gasteiger partial charge in [-0.15, -0.1) is 5.10 Å². The molecule has 0 aliphatic carbocycles. The number of amides is 1. The van der Waals surface area contributed by atoms with E-state index in [0.29, 0.717) is 23.2 Å². The highest BCUT2D eigenvalue weighted by Gasteiger charge is 2.20. The van der Waals surface area contributed by atoms with Gasteiger partial charge in [-0.1, -0.05) is 17.8 Å². The molecule has 0 radical (unpaired) electrons. The van der Waals surface area contributed by atoms with Crippen molar-refractivity contribution in [2.75, 3.05) is 7.11 Å². The minimum Gasteiger partial charge on any atom is -0.494 e. The van der Waals surface area contributed by atoms with Gasteiger partial charge in [0.15, 0.2) is 0 Å². The number of tetrazole rings is 1. The van der Waals surface area contributed by atoms with Crippen molar-refractivity contribution in [2.45, 2.75) is 30.8 Å². The van der Waals surface area contributed by atoms with Crippen molar-refractivity contribution in [1.29, 1.82) is 0 Å². The van der Waals surface area contributed by atoms with E-state index in [2.05, 4.69) is 20.8 Å². The summed E-state index contributed by atoms with van der Waals surface area (Å²) in [6.45, 7) is 4.12. The molecule has 9 heteroatoms. The van der Waals surface area contributed by atoms with Crippen molar-refractivity contribution >= 4 is 17.7 Å². The molecule has 136 valence electrons. The van der Waals surface area contributed by atoms with Crippen LogP contribution in [0, 0.1) is 6.92 Å². The van der Waals surface area contributed by atoms with Crippen LogP contribution in [-0.4, -0.2) is 38.5 Å². The summed E-state index contributed by atoms with van der Waals surface area (Å²) < 4.78 is 12.2. The summed E-state index contributed by atoms with van der Waals surface area (Å²) in [5.41, 5.74) is 1.78. The van der Waals surface area contributed by atoms with Crippen LogP contribution >= 0.6 is 11.8 Å². The average Bonchev–Trinajstić information content (AvgIpc) is 3.31. The summed E-state index contributed by atoms with van der Waals surface area (Å²) >= 11 is 1.27. The molecule has 1 aromatic carbocycles. The third-order valence-electron chi connectivity index (χ3n) is 3.67. The van der Waals surface area contributed by atoms with Crippen molar-refractivity contribution in [1.82, 2.24) is 25.5 Å². The first-order valence-electron chi connectivity index (χ1n) is 7.98. The second-order valence-electron chi connectivity index (χ2n) is 5.61. The summed E-state index contributed by atoms with van der Waals surface area (Å²) in [5, 5.41) is 14.8. The third-order valence-corrected chi connectivity index (χ3v) is 4.70. The molecule has 1 amide bonds. The molecule has 0 spiro atoms. The van der Waals surface area contributed by atoms with Gasteiger partial charge in [-0.3, -0.25) is 4.79 Å². The van der Waals surface area contributed by atoms with Crippen LogP contribution in [0.4, 0.5) is 0 Å². The number of furan rings is 1. The number of ether oxygens (including phenoxy) is 1. The molecule has 0 saturated carbocycles. The Morgan fingerprint density at radius 1 is 1.42 bits per heavy atom. The maximum atomic E-state index is 12.3. The number of nitrogens with zero attached hydrogens (tertiary/aromatic N) is 4. The molecule has 2 aromatic heterocycles. The number of hydrogen-bond donors (Lipinski definition) is 1. The first-order valence-corrected chi connectivity index (χ1v) is 8.86. The Kier molecular flexibility index (Phi) is 5.57. The third kappa shape index (κ3) is 4.05. The van der Waals surface area contributed by atoms with E-state index in [1.165, 1.54) is 11.8 Å². The number of aryl methyl sites for hydroxylation is 1. The molecule has 26 heavy (non-hydrogen) atoms. The fraction of sp³-hybridized carbons (Fsp3) is 0.294. The van der Waals surface area contributed by atoms with E-state index in [-0.39, 0.29) is 11.2 Å². The van der Waals surface area contributed by atoms with E-state index < -0.39 is 0 Å².